The standard InChI is InChI=1S/C12H13FN2O/c1-8-4-9(6-10(13)5-8)11-7-15-12(16-11)2-3-14/h4-7H,2-3,14H2,1H3. The van der Waals surface area contributed by atoms with Crippen molar-refractivity contribution in [2.45, 2.75) is 13.3 Å². The lowest BCUT2D eigenvalue weighted by Gasteiger charge is -1.99. The van der Waals surface area contributed by atoms with E-state index in [1.807, 2.05) is 13.0 Å². The Morgan fingerprint density at radius 3 is 2.88 bits per heavy atom. The van der Waals surface area contributed by atoms with E-state index in [0.29, 0.717) is 30.2 Å². The maximum atomic E-state index is 13.2. The molecule has 0 atom stereocenters. The van der Waals surface area contributed by atoms with Crippen LogP contribution >= 0.6 is 0 Å². The summed E-state index contributed by atoms with van der Waals surface area (Å²) in [5, 5.41) is 0. The summed E-state index contributed by atoms with van der Waals surface area (Å²) in [5.74, 6) is 0.886. The minimum Gasteiger partial charge on any atom is -0.441 e. The van der Waals surface area contributed by atoms with Crippen LogP contribution in [-0.4, -0.2) is 11.5 Å². The van der Waals surface area contributed by atoms with Crippen molar-refractivity contribution in [2.24, 2.45) is 5.73 Å². The third kappa shape index (κ3) is 2.28. The van der Waals surface area contributed by atoms with Crippen molar-refractivity contribution in [3.63, 3.8) is 0 Å². The lowest BCUT2D eigenvalue weighted by Crippen LogP contribution is -2.02. The molecule has 0 fully saturated rings. The quantitative estimate of drug-likeness (QED) is 0.863. The molecule has 0 aliphatic heterocycles. The number of oxazole rings is 1. The summed E-state index contributed by atoms with van der Waals surface area (Å²) < 4.78 is 18.6. The molecular weight excluding hydrogens is 207 g/mol. The van der Waals surface area contributed by atoms with Gasteiger partial charge in [0.15, 0.2) is 11.7 Å². The Balaban J connectivity index is 2.34. The van der Waals surface area contributed by atoms with E-state index in [1.165, 1.54) is 12.1 Å². The molecule has 0 unspecified atom stereocenters. The van der Waals surface area contributed by atoms with Gasteiger partial charge in [0.1, 0.15) is 5.82 Å². The SMILES string of the molecule is Cc1cc(F)cc(-c2cnc(CCN)o2)c1. The second kappa shape index (κ2) is 4.45. The lowest BCUT2D eigenvalue weighted by atomic mass is 10.1. The fourth-order valence-corrected chi connectivity index (χ4v) is 1.56. The molecule has 2 aromatic rings. The Morgan fingerprint density at radius 2 is 2.19 bits per heavy atom. The zero-order chi connectivity index (χ0) is 11.5. The zero-order valence-corrected chi connectivity index (χ0v) is 9.03. The largest absolute Gasteiger partial charge is 0.441 e. The molecule has 1 aromatic carbocycles. The molecule has 1 heterocycles. The molecule has 0 saturated carbocycles. The van der Waals surface area contributed by atoms with Gasteiger partial charge in [-0.15, -0.1) is 0 Å². The number of aryl methyl sites for hydroxylation is 1. The molecule has 1 aromatic heterocycles. The summed E-state index contributed by atoms with van der Waals surface area (Å²) in [5.41, 5.74) is 6.95. The van der Waals surface area contributed by atoms with Crippen molar-refractivity contribution < 1.29 is 8.81 Å². The third-order valence-electron chi connectivity index (χ3n) is 2.24. The van der Waals surface area contributed by atoms with Crippen LogP contribution in [0.5, 0.6) is 0 Å². The second-order valence-electron chi connectivity index (χ2n) is 3.67. The van der Waals surface area contributed by atoms with Gasteiger partial charge in [-0.3, -0.25) is 0 Å². The molecule has 0 radical (unpaired) electrons. The number of aromatic nitrogens is 1. The van der Waals surface area contributed by atoms with Gasteiger partial charge in [0.2, 0.25) is 0 Å². The highest BCUT2D eigenvalue weighted by Gasteiger charge is 2.07. The van der Waals surface area contributed by atoms with Gasteiger partial charge in [-0.1, -0.05) is 0 Å². The summed E-state index contributed by atoms with van der Waals surface area (Å²) in [6.45, 7) is 2.33. The van der Waals surface area contributed by atoms with Gasteiger partial charge >= 0.3 is 0 Å². The molecule has 3 nitrogen and oxygen atoms in total. The number of hydrogen-bond donors (Lipinski definition) is 1. The van der Waals surface area contributed by atoms with Crippen LogP contribution in [-0.2, 0) is 6.42 Å². The van der Waals surface area contributed by atoms with Crippen LogP contribution in [0.4, 0.5) is 4.39 Å². The van der Waals surface area contributed by atoms with Crippen LogP contribution in [0.25, 0.3) is 11.3 Å². The van der Waals surface area contributed by atoms with Crippen molar-refractivity contribution >= 4 is 0 Å². The van der Waals surface area contributed by atoms with Crippen LogP contribution in [0.1, 0.15) is 11.5 Å². The van der Waals surface area contributed by atoms with Gasteiger partial charge in [0.05, 0.1) is 6.20 Å². The molecule has 0 saturated heterocycles. The van der Waals surface area contributed by atoms with Crippen LogP contribution in [0.2, 0.25) is 0 Å². The molecular formula is C12H13FN2O. The monoisotopic (exact) mass is 220 g/mol. The summed E-state index contributed by atoms with van der Waals surface area (Å²) in [4.78, 5) is 4.07. The first-order chi connectivity index (χ1) is 7.69. The van der Waals surface area contributed by atoms with E-state index < -0.39 is 0 Å². The predicted octanol–water partition coefficient (Wildman–Crippen LogP) is 2.29. The van der Waals surface area contributed by atoms with Gasteiger partial charge in [-0.25, -0.2) is 9.37 Å². The van der Waals surface area contributed by atoms with Gasteiger partial charge in [-0.05, 0) is 30.7 Å². The Labute approximate surface area is 93.1 Å². The van der Waals surface area contributed by atoms with Crippen molar-refractivity contribution in [3.05, 3.63) is 41.7 Å². The highest BCUT2D eigenvalue weighted by atomic mass is 19.1. The summed E-state index contributed by atoms with van der Waals surface area (Å²) >= 11 is 0. The number of halogens is 1. The number of nitrogens with zero attached hydrogens (tertiary/aromatic N) is 1. The Morgan fingerprint density at radius 1 is 1.38 bits per heavy atom. The van der Waals surface area contributed by atoms with Crippen molar-refractivity contribution in [1.82, 2.24) is 4.98 Å². The maximum absolute atomic E-state index is 13.2. The highest BCUT2D eigenvalue weighted by Crippen LogP contribution is 2.22. The van der Waals surface area contributed by atoms with E-state index in [4.69, 9.17) is 10.2 Å². The van der Waals surface area contributed by atoms with Crippen molar-refractivity contribution in [3.8, 4) is 11.3 Å². The van der Waals surface area contributed by atoms with Crippen molar-refractivity contribution in [1.29, 1.82) is 0 Å². The number of nitrogens with two attached hydrogens (primary N) is 1. The average molecular weight is 220 g/mol. The molecule has 4 heteroatoms. The van der Waals surface area contributed by atoms with E-state index in [1.54, 1.807) is 6.20 Å². The van der Waals surface area contributed by atoms with Crippen LogP contribution in [0.3, 0.4) is 0 Å². The lowest BCUT2D eigenvalue weighted by molar-refractivity contribution is 0.507. The minimum atomic E-state index is -0.272. The Hall–Kier alpha value is -1.68. The molecule has 84 valence electrons. The van der Waals surface area contributed by atoms with E-state index in [-0.39, 0.29) is 5.82 Å². The molecule has 0 amide bonds. The first-order valence-corrected chi connectivity index (χ1v) is 5.11. The van der Waals surface area contributed by atoms with Crippen molar-refractivity contribution in [2.75, 3.05) is 6.54 Å². The fourth-order valence-electron chi connectivity index (χ4n) is 1.56. The highest BCUT2D eigenvalue weighted by molar-refractivity contribution is 5.57. The first-order valence-electron chi connectivity index (χ1n) is 5.11. The Bertz CT molecular complexity index is 473. The molecule has 0 spiro atoms. The van der Waals surface area contributed by atoms with E-state index in [0.717, 1.165) is 5.56 Å². The number of rotatable bonds is 3. The van der Waals surface area contributed by atoms with Crippen LogP contribution in [0.15, 0.2) is 28.8 Å². The maximum Gasteiger partial charge on any atom is 0.196 e. The van der Waals surface area contributed by atoms with Crippen LogP contribution in [0, 0.1) is 12.7 Å². The zero-order valence-electron chi connectivity index (χ0n) is 9.03. The van der Waals surface area contributed by atoms with Gasteiger partial charge in [-0.2, -0.15) is 0 Å². The predicted molar refractivity (Wildman–Crippen MR) is 59.4 cm³/mol. The topological polar surface area (TPSA) is 52.0 Å². The molecule has 0 aliphatic rings. The molecule has 16 heavy (non-hydrogen) atoms. The van der Waals surface area contributed by atoms with E-state index in [9.17, 15) is 4.39 Å². The van der Waals surface area contributed by atoms with Crippen LogP contribution < -0.4 is 5.73 Å². The Kier molecular flexibility index (Phi) is 3.01. The smallest absolute Gasteiger partial charge is 0.196 e. The van der Waals surface area contributed by atoms with Gasteiger partial charge < -0.3 is 10.2 Å². The number of hydrogen-bond acceptors (Lipinski definition) is 3. The van der Waals surface area contributed by atoms with E-state index in [2.05, 4.69) is 4.98 Å². The first kappa shape index (κ1) is 10.8. The normalized spacial score (nSPS) is 10.7. The second-order valence-corrected chi connectivity index (χ2v) is 3.67. The molecule has 2 rings (SSSR count). The molecule has 0 bridgehead atoms. The molecule has 2 N–H and O–H groups in total. The van der Waals surface area contributed by atoms with Gasteiger partial charge in [0.25, 0.3) is 0 Å². The average Bonchev–Trinajstić information content (AvgIpc) is 2.65. The fraction of sp³-hybridized carbons (Fsp3) is 0.250. The third-order valence-corrected chi connectivity index (χ3v) is 2.24. The number of benzene rings is 1. The van der Waals surface area contributed by atoms with E-state index >= 15 is 0 Å². The summed E-state index contributed by atoms with van der Waals surface area (Å²) in [7, 11) is 0. The molecule has 0 aliphatic carbocycles. The van der Waals surface area contributed by atoms with Gasteiger partial charge in [0, 0.05) is 18.5 Å². The summed E-state index contributed by atoms with van der Waals surface area (Å²) in [6, 6.07) is 4.76. The minimum absolute atomic E-state index is 0.272. The summed E-state index contributed by atoms with van der Waals surface area (Å²) in [6.07, 6.45) is 2.19.